The number of pyridine rings is 1. The Kier molecular flexibility index (Phi) is 24.4. The molecular weight excluding hydrogens is 1860 g/mol. The number of methoxy groups -OCH3 is 5. The lowest BCUT2D eigenvalue weighted by Crippen LogP contribution is -2.52. The number of nitrogens with one attached hydrogen (secondary N) is 7. The summed E-state index contributed by atoms with van der Waals surface area (Å²) in [5.41, 5.74) is 4.05. The molecule has 0 spiro atoms. The van der Waals surface area contributed by atoms with Gasteiger partial charge in [-0.15, -0.1) is 0 Å². The molecule has 13 aromatic rings. The molecule has 43 heteroatoms. The van der Waals surface area contributed by atoms with Crippen molar-refractivity contribution in [2.24, 2.45) is 0 Å². The van der Waals surface area contributed by atoms with Crippen LogP contribution in [-0.4, -0.2) is 212 Å². The largest absolute Gasteiger partial charge is 0.497 e. The third-order valence-electron chi connectivity index (χ3n) is 25.8. The van der Waals surface area contributed by atoms with E-state index in [0.29, 0.717) is 85.9 Å². The number of rotatable bonds is 23. The molecule has 8 aromatic carbocycles. The summed E-state index contributed by atoms with van der Waals surface area (Å²) >= 11 is 0. The van der Waals surface area contributed by atoms with Crippen molar-refractivity contribution in [1.29, 1.82) is 0 Å². The van der Waals surface area contributed by atoms with E-state index >= 15 is 4.39 Å². The van der Waals surface area contributed by atoms with Crippen molar-refractivity contribution in [2.75, 3.05) is 94.6 Å². The molecule has 0 bridgehead atoms. The van der Waals surface area contributed by atoms with Crippen molar-refractivity contribution in [3.05, 3.63) is 271 Å². The average molecular weight is 1940 g/mol. The number of hydrogen-bond donors (Lipinski definition) is 9. The van der Waals surface area contributed by atoms with E-state index in [9.17, 15) is 85.1 Å². The van der Waals surface area contributed by atoms with Gasteiger partial charge in [0, 0.05) is 138 Å². The van der Waals surface area contributed by atoms with Crippen LogP contribution in [0.15, 0.2) is 182 Å². The number of hydrogen-bond acceptors (Lipinski definition) is 27. The number of ether oxygens (including phenoxy) is 5. The summed E-state index contributed by atoms with van der Waals surface area (Å²) in [6.45, 7) is 1.09. The Morgan fingerprint density at radius 3 is 1.14 bits per heavy atom. The Morgan fingerprint density at radius 1 is 0.430 bits per heavy atom. The number of nitrogens with zero attached hydrogens (tertiary/aromatic N) is 6. The topological polar surface area (TPSA) is 514 Å². The molecule has 0 aliphatic carbocycles. The zero-order valence-corrected chi connectivity index (χ0v) is 76.1. The zero-order chi connectivity index (χ0) is 101. The molecule has 4 fully saturated rings. The van der Waals surface area contributed by atoms with Gasteiger partial charge in [0.15, 0.2) is 11.1 Å². The Bertz CT molecular complexity index is 7640. The van der Waals surface area contributed by atoms with Crippen LogP contribution in [-0.2, 0) is 81.6 Å². The monoisotopic (exact) mass is 1940 g/mol. The number of urea groups is 2. The van der Waals surface area contributed by atoms with E-state index in [4.69, 9.17) is 47.5 Å². The van der Waals surface area contributed by atoms with E-state index in [1.165, 1.54) is 90.6 Å². The number of halogens is 4. The number of fused-ring (bicyclic) bond motifs is 8. The molecule has 8 aliphatic rings. The fourth-order valence-corrected chi connectivity index (χ4v) is 18.4. The molecule has 13 heterocycles. The van der Waals surface area contributed by atoms with Gasteiger partial charge < -0.3 is 92.6 Å². The molecular formula is C99H82F4N14O25. The number of likely N-dealkylation sites (N-methyl/N-ethyl adjacent to an activating group) is 1. The molecule has 4 atom stereocenters. The normalized spacial score (nSPS) is 19.2. The van der Waals surface area contributed by atoms with Crippen LogP contribution in [0.25, 0.3) is 55.0 Å². The number of carbonyl (C=O) groups excluding carboxylic acids is 14. The number of nitrogens with two attached hydrogens (primary N) is 1. The van der Waals surface area contributed by atoms with E-state index in [1.807, 2.05) is 19.0 Å². The third kappa shape index (κ3) is 17.1. The number of furan rings is 4. The van der Waals surface area contributed by atoms with Crippen LogP contribution < -0.4 is 61.9 Å². The number of benzene rings is 8. The summed E-state index contributed by atoms with van der Waals surface area (Å²) in [6, 6.07) is 37.6. The predicted molar refractivity (Wildman–Crippen MR) is 488 cm³/mol. The first kappa shape index (κ1) is 94.6. The number of aromatic carboxylic acids is 1. The summed E-state index contributed by atoms with van der Waals surface area (Å²) in [6.07, 6.45) is 1.03. The molecule has 726 valence electrons. The first-order valence-corrected chi connectivity index (χ1v) is 43.6. The van der Waals surface area contributed by atoms with Gasteiger partial charge in [-0.25, -0.2) is 41.7 Å². The summed E-state index contributed by atoms with van der Waals surface area (Å²) in [5.74, 6) is -8.45. The quantitative estimate of drug-likeness (QED) is 0.0125. The molecule has 142 heavy (non-hydrogen) atoms. The maximum Gasteiger partial charge on any atom is 0.340 e. The van der Waals surface area contributed by atoms with Crippen LogP contribution in [0.5, 0.6) is 23.0 Å². The summed E-state index contributed by atoms with van der Waals surface area (Å²) < 4.78 is 107. The van der Waals surface area contributed by atoms with Crippen LogP contribution in [0.4, 0.5) is 33.0 Å². The minimum absolute atomic E-state index is 0.0124. The molecule has 0 saturated carbocycles. The smallest absolute Gasteiger partial charge is 0.340 e. The van der Waals surface area contributed by atoms with Crippen LogP contribution in [0.2, 0.25) is 0 Å². The van der Waals surface area contributed by atoms with Gasteiger partial charge in [0.2, 0.25) is 23.6 Å². The second-order valence-electron chi connectivity index (χ2n) is 34.9. The number of carboxylic acids is 1. The average Bonchev–Trinajstić information content (AvgIpc) is 1.60. The fraction of sp³-hybridized carbons (Fsp3) is 0.232. The maximum absolute atomic E-state index is 15.0. The number of anilines is 1. The summed E-state index contributed by atoms with van der Waals surface area (Å²) in [7, 11) is 10.8. The van der Waals surface area contributed by atoms with E-state index in [1.54, 1.807) is 97.1 Å². The molecule has 5 aromatic heterocycles. The lowest BCUT2D eigenvalue weighted by molar-refractivity contribution is -0.128. The number of imide groups is 4. The Balaban J connectivity index is 0.000000125. The first-order chi connectivity index (χ1) is 67.8. The highest BCUT2D eigenvalue weighted by Gasteiger charge is 2.58. The Hall–Kier alpha value is -17.8. The second kappa shape index (κ2) is 36.6. The zero-order valence-electron chi connectivity index (χ0n) is 76.1. The van der Waals surface area contributed by atoms with Crippen molar-refractivity contribution < 1.29 is 136 Å². The van der Waals surface area contributed by atoms with E-state index < -0.39 is 116 Å². The van der Waals surface area contributed by atoms with Crippen molar-refractivity contribution in [3.63, 3.8) is 0 Å². The van der Waals surface area contributed by atoms with Crippen molar-refractivity contribution in [1.82, 2.24) is 66.7 Å². The van der Waals surface area contributed by atoms with E-state index in [0.717, 1.165) is 53.6 Å². The first-order valence-electron chi connectivity index (χ1n) is 43.6. The lowest BCUT2D eigenvalue weighted by Gasteiger charge is -2.29. The summed E-state index contributed by atoms with van der Waals surface area (Å²) in [5, 5.41) is 27.4. The molecule has 15 amide bonds. The standard InChI is InChI=1S/C27H27FN4O6.C27H21FN4O5.C23H18FN3O7.C22H16FN3O7/c1-31(2)7-6-29-24(34)19-8-16-9-22(38-21(16)11-20(19)28)27(12-23(33)30-26(27)36)14-32-13-15-4-5-17(37-3)10-18(15)25(32)35;1-36-17-4-2-15-12-32(25(34)19(15)8-17)13-27(10-24(33)31-26(27)35)22-7-16-6-18(20(28)9-21(16)37-22)14-3-5-23(29)30-11-14;1-32-13-4-3-11-9-27(19(28)14(11)7-13)10-23(21(30)25-22(31)26-23)18-6-12-5-15(20(29)33-2)16(24)8-17(12)34-18;1-32-12-3-2-10-8-26(18(27)13(10)6-12)9-22(20(30)24-21(31)25-22)17-5-11-4-14(19(28)29)15(23)7-16(11)33-17/h4-5,8-11H,6-7,12-14H2,1-3H3,(H,29,34)(H,30,33,36);2-9,11H,10,12-13H2,1H3,(H2,29,30)(H,31,33,35);3-8H,9-10H2,1-2H3,(H2,25,26,30,31);2-7H,8-9H2,1H3,(H,28,29)(H2,24,25,30,31)/t2*27-;23-;22-/m1100/s1. The Morgan fingerprint density at radius 2 is 0.789 bits per heavy atom. The van der Waals surface area contributed by atoms with Crippen LogP contribution in [0.1, 0.15) is 131 Å². The van der Waals surface area contributed by atoms with Crippen molar-refractivity contribution >= 4 is 139 Å². The molecule has 4 saturated heterocycles. The van der Waals surface area contributed by atoms with Crippen LogP contribution in [0, 0.1) is 23.3 Å². The number of aromatic nitrogens is 1. The van der Waals surface area contributed by atoms with Gasteiger partial charge in [-0.05, 0) is 146 Å². The Labute approximate surface area is 798 Å². The highest BCUT2D eigenvalue weighted by atomic mass is 19.1. The minimum atomic E-state index is -1.79. The van der Waals surface area contributed by atoms with Gasteiger partial charge in [0.05, 0.1) is 78.2 Å². The van der Waals surface area contributed by atoms with E-state index in [-0.39, 0.29) is 156 Å². The number of carbonyl (C=O) groups is 15. The van der Waals surface area contributed by atoms with Gasteiger partial charge in [0.25, 0.3) is 41.4 Å². The number of carboxylic acid groups (broad SMARTS) is 1. The number of esters is 1. The summed E-state index contributed by atoms with van der Waals surface area (Å²) in [4.78, 5) is 201. The fourth-order valence-electron chi connectivity index (χ4n) is 18.4. The lowest BCUT2D eigenvalue weighted by atomic mass is 9.82. The molecule has 8 aliphatic heterocycles. The van der Waals surface area contributed by atoms with Gasteiger partial charge in [-0.3, -0.25) is 74.0 Å². The SMILES string of the molecule is COC(=O)c1cc2cc([C@]3(CN4Cc5ccc(OC)cc5C4=O)NC(=O)NC3=O)oc2cc1F.COc1ccc2c(c1)C(=O)N(C[C@@]1(c3cc4cc(-c5ccc(N)nc5)c(F)cc4o3)CC(=O)NC1=O)C2.COc1ccc2c(c1)C(=O)N(C[C@@]1(c3cc4cc(C(=O)NCCN(C)C)c(F)cc4o3)CC(=O)NC1=O)C2.COc1ccc2c(c1)C(=O)N(C[C@@]1(c3cc4cc(C(=O)O)c(F)cc4o3)NC(=O)NC1=O)C2. The van der Waals surface area contributed by atoms with Gasteiger partial charge in [-0.1, -0.05) is 24.3 Å². The van der Waals surface area contributed by atoms with E-state index in [2.05, 4.69) is 46.9 Å². The van der Waals surface area contributed by atoms with Crippen LogP contribution >= 0.6 is 0 Å². The van der Waals surface area contributed by atoms with Gasteiger partial charge in [-0.2, -0.15) is 0 Å². The predicted octanol–water partition coefficient (Wildman–Crippen LogP) is 9.00. The van der Waals surface area contributed by atoms with Crippen LogP contribution in [0.3, 0.4) is 0 Å². The molecule has 0 unspecified atom stereocenters. The highest BCUT2D eigenvalue weighted by Crippen LogP contribution is 2.46. The molecule has 0 radical (unpaired) electrons. The number of amides is 15. The third-order valence-corrected chi connectivity index (χ3v) is 25.8. The van der Waals surface area contributed by atoms with Crippen molar-refractivity contribution in [3.8, 4) is 34.1 Å². The highest BCUT2D eigenvalue weighted by molar-refractivity contribution is 6.14. The van der Waals surface area contributed by atoms with Gasteiger partial charge in [0.1, 0.15) is 108 Å². The minimum Gasteiger partial charge on any atom is -0.497 e. The van der Waals surface area contributed by atoms with Crippen molar-refractivity contribution in [2.45, 2.75) is 60.9 Å². The molecule has 21 rings (SSSR count). The molecule has 10 N–H and O–H groups in total. The maximum atomic E-state index is 15.0. The second-order valence-corrected chi connectivity index (χ2v) is 34.9. The molecule has 39 nitrogen and oxygen atoms in total. The number of nitrogen functional groups attached to an aromatic ring is 1. The van der Waals surface area contributed by atoms with Gasteiger partial charge >= 0.3 is 24.0 Å².